The van der Waals surface area contributed by atoms with Gasteiger partial charge in [-0.2, -0.15) is 0 Å². The van der Waals surface area contributed by atoms with Crippen LogP contribution in [-0.2, 0) is 21.0 Å². The predicted molar refractivity (Wildman–Crippen MR) is 76.6 cm³/mol. The summed E-state index contributed by atoms with van der Waals surface area (Å²) in [5, 5.41) is 12.2. The quantitative estimate of drug-likeness (QED) is 0.587. The molecule has 0 aliphatic heterocycles. The first-order valence-corrected chi connectivity index (χ1v) is 6.42. The summed E-state index contributed by atoms with van der Waals surface area (Å²) in [5.74, 6) is -1.08. The number of aliphatic carboxylic acids is 1. The second kappa shape index (κ2) is 7.65. The zero-order chi connectivity index (χ0) is 15.0. The maximum absolute atomic E-state index is 10.5. The summed E-state index contributed by atoms with van der Waals surface area (Å²) in [7, 11) is 0. The van der Waals surface area contributed by atoms with Crippen LogP contribution in [0.3, 0.4) is 0 Å². The summed E-state index contributed by atoms with van der Waals surface area (Å²) in [5.41, 5.74) is 0.812. The Morgan fingerprint density at radius 2 is 1.90 bits per heavy atom. The SMILES string of the molecule is C/C(=N\OCC(C)(C)COCc1ccccc1)C(=O)O. The van der Waals surface area contributed by atoms with Crippen molar-refractivity contribution in [1.29, 1.82) is 0 Å². The Morgan fingerprint density at radius 1 is 1.25 bits per heavy atom. The van der Waals surface area contributed by atoms with Crippen LogP contribution >= 0.6 is 0 Å². The fourth-order valence-corrected chi connectivity index (χ4v) is 1.40. The van der Waals surface area contributed by atoms with Crippen molar-refractivity contribution >= 4 is 11.7 Å². The van der Waals surface area contributed by atoms with Gasteiger partial charge in [-0.15, -0.1) is 0 Å². The van der Waals surface area contributed by atoms with E-state index in [1.54, 1.807) is 0 Å². The van der Waals surface area contributed by atoms with Crippen molar-refractivity contribution in [3.8, 4) is 0 Å². The van der Waals surface area contributed by atoms with Crippen LogP contribution in [0.2, 0.25) is 0 Å². The molecule has 1 aromatic carbocycles. The highest BCUT2D eigenvalue weighted by Crippen LogP contribution is 2.17. The minimum atomic E-state index is -1.08. The van der Waals surface area contributed by atoms with Crippen molar-refractivity contribution in [1.82, 2.24) is 0 Å². The average molecular weight is 279 g/mol. The molecule has 0 atom stereocenters. The standard InChI is InChI=1S/C15H21NO4/c1-12(14(17)18)16-20-11-15(2,3)10-19-9-13-7-5-4-6-8-13/h4-8H,9-11H2,1-3H3,(H,17,18)/b16-12+. The number of hydrogen-bond donors (Lipinski definition) is 1. The summed E-state index contributed by atoms with van der Waals surface area (Å²) in [6, 6.07) is 9.91. The second-order valence-electron chi connectivity index (χ2n) is 5.40. The molecule has 0 aliphatic carbocycles. The summed E-state index contributed by atoms with van der Waals surface area (Å²) < 4.78 is 5.64. The van der Waals surface area contributed by atoms with Gasteiger partial charge in [-0.3, -0.25) is 0 Å². The van der Waals surface area contributed by atoms with Crippen LogP contribution in [0.4, 0.5) is 0 Å². The zero-order valence-corrected chi connectivity index (χ0v) is 12.1. The number of ether oxygens (including phenoxy) is 1. The van der Waals surface area contributed by atoms with E-state index in [1.807, 2.05) is 44.2 Å². The van der Waals surface area contributed by atoms with Gasteiger partial charge in [-0.25, -0.2) is 4.79 Å². The lowest BCUT2D eigenvalue weighted by Gasteiger charge is -2.22. The molecule has 0 aromatic heterocycles. The zero-order valence-electron chi connectivity index (χ0n) is 12.1. The van der Waals surface area contributed by atoms with Gasteiger partial charge < -0.3 is 14.7 Å². The van der Waals surface area contributed by atoms with E-state index in [-0.39, 0.29) is 11.1 Å². The van der Waals surface area contributed by atoms with Gasteiger partial charge in [-0.1, -0.05) is 49.3 Å². The molecule has 0 amide bonds. The highest BCUT2D eigenvalue weighted by atomic mass is 16.6. The first-order chi connectivity index (χ1) is 9.41. The molecule has 0 unspecified atom stereocenters. The van der Waals surface area contributed by atoms with Crippen molar-refractivity contribution in [3.63, 3.8) is 0 Å². The third-order valence-electron chi connectivity index (χ3n) is 2.57. The Hall–Kier alpha value is -1.88. The number of hydrogen-bond acceptors (Lipinski definition) is 4. The molecule has 1 aromatic rings. The molecule has 0 saturated carbocycles. The van der Waals surface area contributed by atoms with Crippen LogP contribution in [-0.4, -0.2) is 30.0 Å². The van der Waals surface area contributed by atoms with Crippen LogP contribution in [0.1, 0.15) is 26.3 Å². The van der Waals surface area contributed by atoms with Gasteiger partial charge in [0.1, 0.15) is 6.61 Å². The molecule has 0 spiro atoms. The number of nitrogens with zero attached hydrogens (tertiary/aromatic N) is 1. The van der Waals surface area contributed by atoms with Crippen molar-refractivity contribution in [3.05, 3.63) is 35.9 Å². The molecular weight excluding hydrogens is 258 g/mol. The molecule has 0 radical (unpaired) electrons. The summed E-state index contributed by atoms with van der Waals surface area (Å²) in [6.07, 6.45) is 0. The minimum absolute atomic E-state index is 0.0639. The monoisotopic (exact) mass is 279 g/mol. The molecule has 1 N–H and O–H groups in total. The molecular formula is C15H21NO4. The molecule has 20 heavy (non-hydrogen) atoms. The number of oxime groups is 1. The number of benzene rings is 1. The molecule has 0 fully saturated rings. The van der Waals surface area contributed by atoms with Gasteiger partial charge >= 0.3 is 5.97 Å². The van der Waals surface area contributed by atoms with E-state index in [4.69, 9.17) is 14.7 Å². The third kappa shape index (κ3) is 6.33. The Morgan fingerprint density at radius 3 is 2.50 bits per heavy atom. The topological polar surface area (TPSA) is 68.1 Å². The van der Waals surface area contributed by atoms with E-state index in [2.05, 4.69) is 5.16 Å². The van der Waals surface area contributed by atoms with E-state index in [9.17, 15) is 4.79 Å². The van der Waals surface area contributed by atoms with E-state index in [0.717, 1.165) is 5.56 Å². The van der Waals surface area contributed by atoms with Crippen LogP contribution in [0.25, 0.3) is 0 Å². The number of carboxylic acids is 1. The fourth-order valence-electron chi connectivity index (χ4n) is 1.40. The molecule has 5 heteroatoms. The fraction of sp³-hybridized carbons (Fsp3) is 0.467. The smallest absolute Gasteiger partial charge is 0.353 e. The largest absolute Gasteiger partial charge is 0.477 e. The molecule has 0 aliphatic rings. The Bertz CT molecular complexity index is 454. The van der Waals surface area contributed by atoms with E-state index in [0.29, 0.717) is 19.8 Å². The van der Waals surface area contributed by atoms with Gasteiger partial charge in [0.2, 0.25) is 0 Å². The predicted octanol–water partition coefficient (Wildman–Crippen LogP) is 2.71. The van der Waals surface area contributed by atoms with E-state index >= 15 is 0 Å². The van der Waals surface area contributed by atoms with E-state index < -0.39 is 5.97 Å². The maximum atomic E-state index is 10.5. The van der Waals surface area contributed by atoms with Crippen LogP contribution in [0.15, 0.2) is 35.5 Å². The van der Waals surface area contributed by atoms with Crippen molar-refractivity contribution in [2.75, 3.05) is 13.2 Å². The van der Waals surface area contributed by atoms with Crippen LogP contribution in [0.5, 0.6) is 0 Å². The molecule has 0 saturated heterocycles. The first kappa shape index (κ1) is 16.2. The molecule has 0 bridgehead atoms. The third-order valence-corrected chi connectivity index (χ3v) is 2.57. The average Bonchev–Trinajstić information content (AvgIpc) is 2.39. The number of rotatable bonds is 8. The van der Waals surface area contributed by atoms with Crippen molar-refractivity contribution in [2.45, 2.75) is 27.4 Å². The molecule has 0 heterocycles. The van der Waals surface area contributed by atoms with Gasteiger partial charge in [0.05, 0.1) is 13.2 Å². The highest BCUT2D eigenvalue weighted by Gasteiger charge is 2.19. The van der Waals surface area contributed by atoms with Crippen molar-refractivity contribution in [2.24, 2.45) is 10.6 Å². The number of carboxylic acid groups (broad SMARTS) is 1. The Labute approximate surface area is 119 Å². The summed E-state index contributed by atoms with van der Waals surface area (Å²) >= 11 is 0. The van der Waals surface area contributed by atoms with Crippen LogP contribution in [0, 0.1) is 5.41 Å². The summed E-state index contributed by atoms with van der Waals surface area (Å²) in [6.45, 7) is 6.69. The lowest BCUT2D eigenvalue weighted by molar-refractivity contribution is -0.129. The van der Waals surface area contributed by atoms with E-state index in [1.165, 1.54) is 6.92 Å². The summed E-state index contributed by atoms with van der Waals surface area (Å²) in [4.78, 5) is 15.6. The Balaban J connectivity index is 2.31. The lowest BCUT2D eigenvalue weighted by Crippen LogP contribution is -2.25. The van der Waals surface area contributed by atoms with Crippen LogP contribution < -0.4 is 0 Å². The molecule has 5 nitrogen and oxygen atoms in total. The second-order valence-corrected chi connectivity index (χ2v) is 5.40. The highest BCUT2D eigenvalue weighted by molar-refractivity contribution is 6.34. The lowest BCUT2D eigenvalue weighted by atomic mass is 9.96. The van der Waals surface area contributed by atoms with Crippen molar-refractivity contribution < 1.29 is 19.5 Å². The maximum Gasteiger partial charge on any atom is 0.353 e. The first-order valence-electron chi connectivity index (χ1n) is 6.42. The van der Waals surface area contributed by atoms with Gasteiger partial charge in [0, 0.05) is 5.41 Å². The van der Waals surface area contributed by atoms with Gasteiger partial charge in [-0.05, 0) is 12.5 Å². The van der Waals surface area contributed by atoms with Gasteiger partial charge in [0.25, 0.3) is 0 Å². The molecule has 110 valence electrons. The van der Waals surface area contributed by atoms with Gasteiger partial charge in [0.15, 0.2) is 5.71 Å². The Kier molecular flexibility index (Phi) is 6.18. The molecule has 1 rings (SSSR count). The number of carbonyl (C=O) groups is 1. The minimum Gasteiger partial charge on any atom is -0.477 e. The normalized spacial score (nSPS) is 12.2.